The van der Waals surface area contributed by atoms with Gasteiger partial charge >= 0.3 is 5.69 Å². The molecule has 2 heterocycles. The number of imidazole rings is 1. The highest BCUT2D eigenvalue weighted by Gasteiger charge is 2.48. The lowest BCUT2D eigenvalue weighted by atomic mass is 9.41. The SMILES string of the molecule is Cc1ccc(-n2ccn(-c3cccc(B4CC(C)(C)C(C)(C)C4)c3CO[Si](C)(C)C(C)(C)C)c2=O)cc1. The minimum atomic E-state index is -1.99. The second-order valence-electron chi connectivity index (χ2n) is 13.9. The van der Waals surface area contributed by atoms with Crippen molar-refractivity contribution in [3.63, 3.8) is 0 Å². The van der Waals surface area contributed by atoms with Crippen LogP contribution in [0.25, 0.3) is 11.4 Å². The number of aryl methyl sites for hydroxylation is 1. The van der Waals surface area contributed by atoms with Crippen LogP contribution in [0.15, 0.2) is 59.7 Å². The van der Waals surface area contributed by atoms with Crippen molar-refractivity contribution in [3.05, 3.63) is 76.5 Å². The summed E-state index contributed by atoms with van der Waals surface area (Å²) in [5.74, 6) is 0. The van der Waals surface area contributed by atoms with Crippen LogP contribution in [-0.4, -0.2) is 24.2 Å². The lowest BCUT2D eigenvalue weighted by Gasteiger charge is -2.36. The van der Waals surface area contributed by atoms with E-state index in [4.69, 9.17) is 4.43 Å². The molecule has 198 valence electrons. The van der Waals surface area contributed by atoms with Gasteiger partial charge in [-0.2, -0.15) is 0 Å². The molecule has 0 N–H and O–H groups in total. The van der Waals surface area contributed by atoms with Gasteiger partial charge in [0.25, 0.3) is 0 Å². The average Bonchev–Trinajstić information content (AvgIpc) is 3.27. The molecule has 0 aliphatic carbocycles. The summed E-state index contributed by atoms with van der Waals surface area (Å²) in [6.07, 6.45) is 6.05. The Bertz CT molecular complexity index is 1310. The second kappa shape index (κ2) is 9.46. The molecule has 1 aromatic heterocycles. The molecule has 1 aliphatic rings. The van der Waals surface area contributed by atoms with Crippen molar-refractivity contribution in [1.82, 2.24) is 9.13 Å². The Labute approximate surface area is 225 Å². The van der Waals surface area contributed by atoms with E-state index in [1.165, 1.54) is 11.0 Å². The lowest BCUT2D eigenvalue weighted by Crippen LogP contribution is -2.42. The van der Waals surface area contributed by atoms with Crippen LogP contribution in [0, 0.1) is 17.8 Å². The first-order valence-electron chi connectivity index (χ1n) is 13.7. The predicted octanol–water partition coefficient (Wildman–Crippen LogP) is 7.23. The van der Waals surface area contributed by atoms with Gasteiger partial charge in [0.2, 0.25) is 0 Å². The summed E-state index contributed by atoms with van der Waals surface area (Å²) in [4.78, 5) is 13.7. The minimum Gasteiger partial charge on any atom is -0.413 e. The van der Waals surface area contributed by atoms with Crippen molar-refractivity contribution < 1.29 is 4.43 Å². The summed E-state index contributed by atoms with van der Waals surface area (Å²) in [6.45, 7) is 24.1. The van der Waals surface area contributed by atoms with Crippen LogP contribution < -0.4 is 11.2 Å². The fourth-order valence-corrected chi connectivity index (χ4v) is 6.30. The summed E-state index contributed by atoms with van der Waals surface area (Å²) in [7, 11) is -1.99. The quantitative estimate of drug-likeness (QED) is 0.324. The number of rotatable bonds is 6. The van der Waals surface area contributed by atoms with Gasteiger partial charge < -0.3 is 4.43 Å². The monoisotopic (exact) mass is 516 g/mol. The first-order valence-corrected chi connectivity index (χ1v) is 16.6. The molecule has 0 bridgehead atoms. The van der Waals surface area contributed by atoms with Crippen molar-refractivity contribution in [1.29, 1.82) is 0 Å². The van der Waals surface area contributed by atoms with Gasteiger partial charge in [0.15, 0.2) is 15.0 Å². The summed E-state index contributed by atoms with van der Waals surface area (Å²) >= 11 is 0. The zero-order valence-electron chi connectivity index (χ0n) is 24.6. The zero-order chi connectivity index (χ0) is 27.4. The summed E-state index contributed by atoms with van der Waals surface area (Å²) in [6, 6.07) is 14.6. The van der Waals surface area contributed by atoms with E-state index < -0.39 is 8.32 Å². The highest BCUT2D eigenvalue weighted by atomic mass is 28.4. The van der Waals surface area contributed by atoms with E-state index >= 15 is 0 Å². The van der Waals surface area contributed by atoms with Gasteiger partial charge in [-0.05, 0) is 59.6 Å². The first-order chi connectivity index (χ1) is 17.0. The van der Waals surface area contributed by atoms with Crippen molar-refractivity contribution in [2.24, 2.45) is 10.8 Å². The van der Waals surface area contributed by atoms with Crippen LogP contribution in [0.1, 0.15) is 59.6 Å². The van der Waals surface area contributed by atoms with Gasteiger partial charge in [0.1, 0.15) is 0 Å². The van der Waals surface area contributed by atoms with Gasteiger partial charge in [-0.3, -0.25) is 9.13 Å². The highest BCUT2D eigenvalue weighted by Crippen LogP contribution is 2.52. The van der Waals surface area contributed by atoms with Crippen LogP contribution in [0.2, 0.25) is 30.8 Å². The van der Waals surface area contributed by atoms with Crippen molar-refractivity contribution in [2.45, 2.75) is 92.8 Å². The molecule has 2 aromatic carbocycles. The Kier molecular flexibility index (Phi) is 7.09. The fraction of sp³-hybridized carbons (Fsp3) is 0.516. The van der Waals surface area contributed by atoms with E-state index in [1.807, 2.05) is 36.7 Å². The molecule has 1 fully saturated rings. The van der Waals surface area contributed by atoms with Gasteiger partial charge in [-0.25, -0.2) is 4.79 Å². The number of aromatic nitrogens is 2. The molecule has 1 aliphatic heterocycles. The normalized spacial score (nSPS) is 17.4. The van der Waals surface area contributed by atoms with Gasteiger partial charge in [-0.1, -0.05) is 96.4 Å². The Balaban J connectivity index is 1.82. The molecule has 0 atom stereocenters. The third kappa shape index (κ3) is 5.20. The van der Waals surface area contributed by atoms with Gasteiger partial charge in [-0.15, -0.1) is 0 Å². The van der Waals surface area contributed by atoms with E-state index in [0.717, 1.165) is 29.6 Å². The van der Waals surface area contributed by atoms with E-state index in [9.17, 15) is 4.79 Å². The molecule has 4 nitrogen and oxygen atoms in total. The van der Waals surface area contributed by atoms with Crippen LogP contribution in [0.5, 0.6) is 0 Å². The van der Waals surface area contributed by atoms with E-state index in [-0.39, 0.29) is 21.6 Å². The van der Waals surface area contributed by atoms with E-state index in [0.29, 0.717) is 13.3 Å². The average molecular weight is 517 g/mol. The molecular weight excluding hydrogens is 471 g/mol. The molecule has 37 heavy (non-hydrogen) atoms. The Hall–Kier alpha value is -2.31. The second-order valence-corrected chi connectivity index (χ2v) is 18.7. The zero-order valence-corrected chi connectivity index (χ0v) is 25.6. The maximum Gasteiger partial charge on any atom is 0.337 e. The molecule has 0 unspecified atom stereocenters. The van der Waals surface area contributed by atoms with Crippen LogP contribution >= 0.6 is 0 Å². The molecule has 1 saturated heterocycles. The summed E-state index contributed by atoms with van der Waals surface area (Å²) in [5.41, 5.74) is 5.93. The number of nitrogens with zero attached hydrogens (tertiary/aromatic N) is 2. The molecule has 6 heteroatoms. The van der Waals surface area contributed by atoms with Crippen LogP contribution in [0.3, 0.4) is 0 Å². The Morgan fingerprint density at radius 2 is 1.49 bits per heavy atom. The first kappa shape index (κ1) is 27.7. The fourth-order valence-electron chi connectivity index (χ4n) is 5.37. The number of hydrogen-bond donors (Lipinski definition) is 0. The van der Waals surface area contributed by atoms with Crippen molar-refractivity contribution in [2.75, 3.05) is 0 Å². The molecule has 0 spiro atoms. The third-order valence-corrected chi connectivity index (χ3v) is 14.2. The molecule has 0 saturated carbocycles. The smallest absolute Gasteiger partial charge is 0.337 e. The molecule has 4 rings (SSSR count). The van der Waals surface area contributed by atoms with E-state index in [2.05, 4.69) is 86.7 Å². The van der Waals surface area contributed by atoms with Crippen molar-refractivity contribution >= 4 is 20.5 Å². The largest absolute Gasteiger partial charge is 0.413 e. The highest BCUT2D eigenvalue weighted by molar-refractivity contribution is 6.75. The van der Waals surface area contributed by atoms with E-state index in [1.54, 1.807) is 9.13 Å². The molecular formula is C31H45BN2O2Si. The van der Waals surface area contributed by atoms with Crippen LogP contribution in [0.4, 0.5) is 0 Å². The minimum absolute atomic E-state index is 0.0540. The molecule has 3 aromatic rings. The Morgan fingerprint density at radius 3 is 2.05 bits per heavy atom. The molecule has 0 radical (unpaired) electrons. The molecule has 0 amide bonds. The lowest BCUT2D eigenvalue weighted by molar-refractivity contribution is 0.177. The number of benzene rings is 2. The maximum absolute atomic E-state index is 13.7. The third-order valence-electron chi connectivity index (χ3n) is 9.71. The van der Waals surface area contributed by atoms with Gasteiger partial charge in [0.05, 0.1) is 18.0 Å². The topological polar surface area (TPSA) is 36.2 Å². The standard InChI is InChI=1S/C31H45BN2O2Si/c1-23-14-16-24(17-15-23)33-18-19-34(28(33)35)27-13-11-12-26(32-21-30(5,6)31(7,8)22-32)25(27)20-36-37(9,10)29(2,3)4/h11-19H,20-22H2,1-10H3. The Morgan fingerprint density at radius 1 is 0.919 bits per heavy atom. The predicted molar refractivity (Wildman–Crippen MR) is 161 cm³/mol. The van der Waals surface area contributed by atoms with Gasteiger partial charge in [0, 0.05) is 12.4 Å². The van der Waals surface area contributed by atoms with Crippen LogP contribution in [-0.2, 0) is 11.0 Å². The summed E-state index contributed by atoms with van der Waals surface area (Å²) < 4.78 is 10.3. The summed E-state index contributed by atoms with van der Waals surface area (Å²) in [5, 5.41) is 0.116. The number of hydrogen-bond acceptors (Lipinski definition) is 2. The maximum atomic E-state index is 13.7. The van der Waals surface area contributed by atoms with Crippen molar-refractivity contribution in [3.8, 4) is 11.4 Å².